The van der Waals surface area contributed by atoms with Crippen molar-refractivity contribution in [3.05, 3.63) is 46.2 Å². The summed E-state index contributed by atoms with van der Waals surface area (Å²) in [5.74, 6) is 6.56. The second-order valence-electron chi connectivity index (χ2n) is 6.74. The van der Waals surface area contributed by atoms with E-state index in [-0.39, 0.29) is 5.43 Å². The number of benzene rings is 1. The van der Waals surface area contributed by atoms with Crippen LogP contribution in [-0.2, 0) is 6.54 Å². The van der Waals surface area contributed by atoms with Gasteiger partial charge in [0.2, 0.25) is 0 Å². The van der Waals surface area contributed by atoms with Gasteiger partial charge in [0.15, 0.2) is 5.43 Å². The van der Waals surface area contributed by atoms with Crippen LogP contribution in [0.4, 0.5) is 0 Å². The van der Waals surface area contributed by atoms with Crippen LogP contribution in [0.3, 0.4) is 0 Å². The van der Waals surface area contributed by atoms with Crippen LogP contribution in [0, 0.1) is 11.8 Å². The van der Waals surface area contributed by atoms with E-state index in [0.29, 0.717) is 0 Å². The predicted octanol–water partition coefficient (Wildman–Crippen LogP) is 5.90. The third-order valence-corrected chi connectivity index (χ3v) is 4.63. The lowest BCUT2D eigenvalue weighted by molar-refractivity contribution is 0.613. The Bertz CT molecular complexity index is 776. The first-order valence-corrected chi connectivity index (χ1v) is 9.89. The van der Waals surface area contributed by atoms with Crippen LogP contribution >= 0.6 is 0 Å². The molecule has 2 rings (SSSR count). The van der Waals surface area contributed by atoms with Gasteiger partial charge in [-0.1, -0.05) is 70.4 Å². The van der Waals surface area contributed by atoms with Gasteiger partial charge in [0, 0.05) is 24.4 Å². The van der Waals surface area contributed by atoms with Crippen molar-refractivity contribution in [2.75, 3.05) is 0 Å². The molecule has 134 valence electrons. The molecule has 1 aromatic heterocycles. The molecule has 0 saturated heterocycles. The van der Waals surface area contributed by atoms with Gasteiger partial charge in [0.05, 0.1) is 11.2 Å². The molecule has 0 aliphatic heterocycles. The van der Waals surface area contributed by atoms with Crippen molar-refractivity contribution < 1.29 is 0 Å². The lowest BCUT2D eigenvalue weighted by Crippen LogP contribution is -2.12. The molecule has 0 amide bonds. The molecule has 0 N–H and O–H groups in total. The zero-order valence-corrected chi connectivity index (χ0v) is 15.8. The molecule has 1 heterocycles. The summed E-state index contributed by atoms with van der Waals surface area (Å²) in [6.45, 7) is 5.35. The Hall–Kier alpha value is -2.01. The van der Waals surface area contributed by atoms with Crippen LogP contribution in [0.1, 0.15) is 77.3 Å². The second kappa shape index (κ2) is 10.8. The minimum Gasteiger partial charge on any atom is -0.334 e. The molecule has 0 aliphatic rings. The minimum atomic E-state index is 0.0761. The van der Waals surface area contributed by atoms with Crippen LogP contribution < -0.4 is 5.43 Å². The van der Waals surface area contributed by atoms with Gasteiger partial charge in [0.1, 0.15) is 0 Å². The Morgan fingerprint density at radius 1 is 0.920 bits per heavy atom. The number of aromatic nitrogens is 1. The van der Waals surface area contributed by atoms with Gasteiger partial charge in [0.25, 0.3) is 0 Å². The van der Waals surface area contributed by atoms with Crippen molar-refractivity contribution in [2.45, 2.75) is 78.2 Å². The van der Waals surface area contributed by atoms with Crippen molar-refractivity contribution in [1.82, 2.24) is 4.57 Å². The quantitative estimate of drug-likeness (QED) is 0.412. The summed E-state index contributed by atoms with van der Waals surface area (Å²) in [5.41, 5.74) is 1.95. The van der Waals surface area contributed by atoms with Gasteiger partial charge in [-0.05, 0) is 30.9 Å². The second-order valence-corrected chi connectivity index (χ2v) is 6.74. The number of nitrogens with zero attached hydrogens (tertiary/aromatic N) is 1. The largest absolute Gasteiger partial charge is 0.334 e. The first kappa shape index (κ1) is 19.3. The third kappa shape index (κ3) is 5.78. The number of para-hydroxylation sites is 1. The Morgan fingerprint density at radius 2 is 1.64 bits per heavy atom. The van der Waals surface area contributed by atoms with E-state index in [9.17, 15) is 4.79 Å². The van der Waals surface area contributed by atoms with Crippen molar-refractivity contribution in [3.63, 3.8) is 0 Å². The van der Waals surface area contributed by atoms with Crippen LogP contribution in [0.5, 0.6) is 0 Å². The topological polar surface area (TPSA) is 22.0 Å². The highest BCUT2D eigenvalue weighted by Crippen LogP contribution is 2.14. The summed E-state index contributed by atoms with van der Waals surface area (Å²) in [5, 5.41) is 0.792. The normalized spacial score (nSPS) is 10.6. The molecule has 0 spiro atoms. The molecular formula is C23H31NO. The molecule has 1 aromatic carbocycles. The van der Waals surface area contributed by atoms with Gasteiger partial charge in [-0.15, -0.1) is 0 Å². The fraction of sp³-hybridized carbons (Fsp3) is 0.522. The Labute approximate surface area is 152 Å². The molecule has 2 nitrogen and oxygen atoms in total. The number of unbranched alkanes of at least 4 members (excludes halogenated alkanes) is 7. The maximum atomic E-state index is 12.4. The zero-order chi connectivity index (χ0) is 17.9. The number of hydrogen-bond acceptors (Lipinski definition) is 1. The SMILES string of the molecule is CCCCCCCCC#Cc1cc(=O)c2ccccc2n1CCCC. The molecule has 2 heteroatoms. The summed E-state index contributed by atoms with van der Waals surface area (Å²) < 4.78 is 2.22. The highest BCUT2D eigenvalue weighted by molar-refractivity contribution is 5.79. The van der Waals surface area contributed by atoms with Gasteiger partial charge in [-0.25, -0.2) is 0 Å². The van der Waals surface area contributed by atoms with Crippen molar-refractivity contribution in [2.24, 2.45) is 0 Å². The first-order valence-electron chi connectivity index (χ1n) is 9.89. The number of rotatable bonds is 9. The van der Waals surface area contributed by atoms with Crippen LogP contribution in [0.15, 0.2) is 35.1 Å². The molecule has 0 unspecified atom stereocenters. The maximum absolute atomic E-state index is 12.4. The van der Waals surface area contributed by atoms with Crippen molar-refractivity contribution >= 4 is 10.9 Å². The first-order chi connectivity index (χ1) is 12.3. The van der Waals surface area contributed by atoms with E-state index < -0.39 is 0 Å². The van der Waals surface area contributed by atoms with Gasteiger partial charge < -0.3 is 4.57 Å². The maximum Gasteiger partial charge on any atom is 0.190 e. The summed E-state index contributed by atoms with van der Waals surface area (Å²) in [6, 6.07) is 9.58. The van der Waals surface area contributed by atoms with Gasteiger partial charge >= 0.3 is 0 Å². The van der Waals surface area contributed by atoms with E-state index >= 15 is 0 Å². The van der Waals surface area contributed by atoms with E-state index in [4.69, 9.17) is 0 Å². The molecule has 2 aromatic rings. The minimum absolute atomic E-state index is 0.0761. The Balaban J connectivity index is 2.12. The van der Waals surface area contributed by atoms with Crippen molar-refractivity contribution in [3.8, 4) is 11.8 Å². The number of pyridine rings is 1. The van der Waals surface area contributed by atoms with Crippen LogP contribution in [-0.4, -0.2) is 4.57 Å². The van der Waals surface area contributed by atoms with Crippen molar-refractivity contribution in [1.29, 1.82) is 0 Å². The highest BCUT2D eigenvalue weighted by atomic mass is 16.1. The van der Waals surface area contributed by atoms with E-state index in [0.717, 1.165) is 48.8 Å². The molecule has 0 aliphatic carbocycles. The highest BCUT2D eigenvalue weighted by Gasteiger charge is 2.06. The molecular weight excluding hydrogens is 306 g/mol. The van der Waals surface area contributed by atoms with E-state index in [1.54, 1.807) is 6.07 Å². The predicted molar refractivity (Wildman–Crippen MR) is 108 cm³/mol. The molecule has 0 atom stereocenters. The summed E-state index contributed by atoms with van der Waals surface area (Å²) in [6.07, 6.45) is 10.8. The number of aryl methyl sites for hydroxylation is 1. The smallest absolute Gasteiger partial charge is 0.190 e. The monoisotopic (exact) mass is 337 g/mol. The van der Waals surface area contributed by atoms with Gasteiger partial charge in [-0.2, -0.15) is 0 Å². The summed E-state index contributed by atoms with van der Waals surface area (Å²) in [7, 11) is 0. The molecule has 0 bridgehead atoms. The third-order valence-electron chi connectivity index (χ3n) is 4.63. The molecule has 25 heavy (non-hydrogen) atoms. The Kier molecular flexibility index (Phi) is 8.32. The molecule has 0 saturated carbocycles. The molecule has 0 fully saturated rings. The average molecular weight is 338 g/mol. The summed E-state index contributed by atoms with van der Waals surface area (Å²) >= 11 is 0. The fourth-order valence-corrected chi connectivity index (χ4v) is 3.13. The van der Waals surface area contributed by atoms with E-state index in [2.05, 4.69) is 30.3 Å². The lowest BCUT2D eigenvalue weighted by atomic mass is 10.1. The average Bonchev–Trinajstić information content (AvgIpc) is 2.63. The number of hydrogen-bond donors (Lipinski definition) is 0. The molecule has 0 radical (unpaired) electrons. The zero-order valence-electron chi connectivity index (χ0n) is 15.8. The van der Waals surface area contributed by atoms with Crippen LogP contribution in [0.25, 0.3) is 10.9 Å². The van der Waals surface area contributed by atoms with Gasteiger partial charge in [-0.3, -0.25) is 4.79 Å². The van der Waals surface area contributed by atoms with Crippen LogP contribution in [0.2, 0.25) is 0 Å². The lowest BCUT2D eigenvalue weighted by Gasteiger charge is -2.13. The summed E-state index contributed by atoms with van der Waals surface area (Å²) in [4.78, 5) is 12.4. The van der Waals surface area contributed by atoms with E-state index in [1.165, 1.54) is 32.1 Å². The standard InChI is InChI=1S/C23H31NO/c1-3-5-7-8-9-10-11-12-15-20-19-23(25)21-16-13-14-17-22(21)24(20)18-6-4-2/h13-14,16-17,19H,3-11,18H2,1-2H3. The van der Waals surface area contributed by atoms with E-state index in [1.807, 2.05) is 24.3 Å². The number of fused-ring (bicyclic) bond motifs is 1. The Morgan fingerprint density at radius 3 is 2.44 bits per heavy atom. The fourth-order valence-electron chi connectivity index (χ4n) is 3.13.